The third kappa shape index (κ3) is 5.22. The summed E-state index contributed by atoms with van der Waals surface area (Å²) < 4.78 is 53.9. The number of rotatable bonds is 6. The molecule has 0 bridgehead atoms. The monoisotopic (exact) mass is 429 g/mol. The van der Waals surface area contributed by atoms with Crippen LogP contribution in [0.5, 0.6) is 0 Å². The molecule has 4 nitrogen and oxygen atoms in total. The van der Waals surface area contributed by atoms with E-state index in [1.807, 2.05) is 0 Å². The molecule has 0 spiro atoms. The highest BCUT2D eigenvalue weighted by molar-refractivity contribution is 8.00. The van der Waals surface area contributed by atoms with E-state index in [-0.39, 0.29) is 22.4 Å². The van der Waals surface area contributed by atoms with Crippen molar-refractivity contribution >= 4 is 23.4 Å². The second-order valence-corrected chi connectivity index (χ2v) is 8.26. The van der Waals surface area contributed by atoms with E-state index in [1.54, 1.807) is 0 Å². The molecule has 0 heterocycles. The van der Waals surface area contributed by atoms with Crippen molar-refractivity contribution in [2.75, 3.05) is 5.32 Å². The first-order chi connectivity index (χ1) is 13.7. The van der Waals surface area contributed by atoms with Gasteiger partial charge >= 0.3 is 5.97 Å². The smallest absolute Gasteiger partial charge is 0.306 e. The zero-order valence-corrected chi connectivity index (χ0v) is 16.0. The Bertz CT molecular complexity index is 880. The number of carbonyl (C=O) groups is 1. The Hall–Kier alpha value is -2.26. The van der Waals surface area contributed by atoms with E-state index >= 15 is 0 Å². The van der Waals surface area contributed by atoms with Gasteiger partial charge in [-0.05, 0) is 37.8 Å². The lowest BCUT2D eigenvalue weighted by Crippen LogP contribution is -2.22. The molecule has 1 aliphatic carbocycles. The van der Waals surface area contributed by atoms with Gasteiger partial charge in [-0.3, -0.25) is 4.79 Å². The number of carboxylic acids is 1. The Labute approximate surface area is 168 Å². The summed E-state index contributed by atoms with van der Waals surface area (Å²) in [5.74, 6) is -6.07. The van der Waals surface area contributed by atoms with Crippen molar-refractivity contribution in [2.24, 2.45) is 5.92 Å². The second-order valence-electron chi connectivity index (χ2n) is 6.92. The minimum absolute atomic E-state index is 0.0562. The quantitative estimate of drug-likeness (QED) is 0.339. The predicted octanol–water partition coefficient (Wildman–Crippen LogP) is 5.08. The maximum absolute atomic E-state index is 14.2. The molecule has 3 N–H and O–H groups in total. The molecule has 2 aromatic carbocycles. The number of carboxylic acid groups (broad SMARTS) is 1. The average molecular weight is 429 g/mol. The summed E-state index contributed by atoms with van der Waals surface area (Å²) in [5.41, 5.74) is 0.0951. The average Bonchev–Trinajstić information content (AvgIpc) is 2.68. The molecular formula is C20H19F4NO3S. The fraction of sp³-hybridized carbons (Fsp3) is 0.350. The molecule has 156 valence electrons. The highest BCUT2D eigenvalue weighted by Gasteiger charge is 2.27. The standard InChI is InChI=1S/C20H19F4NO3S/c21-14-6-3-11(19(26)25-12-8-15(22)18(24)16(23)9-12)7-17(14)29-13-4-1-10(2-5-13)20(27)28/h3,6-10,13,19,25-26H,1-2,4-5H2,(H,27,28)/t10-,13+,19?. The Balaban J connectivity index is 1.69. The lowest BCUT2D eigenvalue weighted by molar-refractivity contribution is -0.142. The van der Waals surface area contributed by atoms with Gasteiger partial charge in [0.1, 0.15) is 5.82 Å². The van der Waals surface area contributed by atoms with Crippen LogP contribution in [0.3, 0.4) is 0 Å². The number of anilines is 1. The van der Waals surface area contributed by atoms with E-state index < -0.39 is 35.5 Å². The van der Waals surface area contributed by atoms with Crippen molar-refractivity contribution in [2.45, 2.75) is 42.1 Å². The third-order valence-electron chi connectivity index (χ3n) is 4.88. The van der Waals surface area contributed by atoms with Crippen LogP contribution >= 0.6 is 11.8 Å². The van der Waals surface area contributed by atoms with Crippen LogP contribution in [0.25, 0.3) is 0 Å². The number of aliphatic hydroxyl groups excluding tert-OH is 1. The molecule has 0 saturated heterocycles. The molecule has 1 saturated carbocycles. The van der Waals surface area contributed by atoms with E-state index in [0.29, 0.717) is 42.7 Å². The molecule has 0 amide bonds. The van der Waals surface area contributed by atoms with Crippen molar-refractivity contribution < 1.29 is 32.6 Å². The fourth-order valence-electron chi connectivity index (χ4n) is 3.27. The summed E-state index contributed by atoms with van der Waals surface area (Å²) >= 11 is 1.27. The van der Waals surface area contributed by atoms with Crippen molar-refractivity contribution in [3.63, 3.8) is 0 Å². The van der Waals surface area contributed by atoms with Crippen molar-refractivity contribution in [3.05, 3.63) is 59.2 Å². The molecule has 9 heteroatoms. The van der Waals surface area contributed by atoms with E-state index in [4.69, 9.17) is 5.11 Å². The summed E-state index contributed by atoms with van der Waals surface area (Å²) in [6.07, 6.45) is 0.933. The van der Waals surface area contributed by atoms with Crippen molar-refractivity contribution in [1.82, 2.24) is 0 Å². The number of hydrogen-bond donors (Lipinski definition) is 3. The van der Waals surface area contributed by atoms with E-state index in [1.165, 1.54) is 30.0 Å². The summed E-state index contributed by atoms with van der Waals surface area (Å²) in [6, 6.07) is 5.35. The van der Waals surface area contributed by atoms with Crippen LogP contribution in [0.15, 0.2) is 35.2 Å². The number of thioether (sulfide) groups is 1. The van der Waals surface area contributed by atoms with E-state index in [2.05, 4.69) is 5.32 Å². The van der Waals surface area contributed by atoms with Crippen LogP contribution in [-0.2, 0) is 4.79 Å². The zero-order valence-electron chi connectivity index (χ0n) is 15.2. The minimum Gasteiger partial charge on any atom is -0.481 e. The van der Waals surface area contributed by atoms with Gasteiger partial charge in [-0.15, -0.1) is 11.8 Å². The Morgan fingerprint density at radius 2 is 1.62 bits per heavy atom. The predicted molar refractivity (Wildman–Crippen MR) is 101 cm³/mol. The molecule has 1 aliphatic rings. The first-order valence-corrected chi connectivity index (χ1v) is 9.90. The maximum Gasteiger partial charge on any atom is 0.306 e. The van der Waals surface area contributed by atoms with Crippen LogP contribution in [0, 0.1) is 29.2 Å². The third-order valence-corrected chi connectivity index (χ3v) is 6.25. The fourth-order valence-corrected chi connectivity index (χ4v) is 4.52. The number of aliphatic carboxylic acids is 1. The molecule has 2 aromatic rings. The molecule has 1 fully saturated rings. The van der Waals surface area contributed by atoms with Gasteiger partial charge in [-0.2, -0.15) is 0 Å². The summed E-state index contributed by atoms with van der Waals surface area (Å²) in [7, 11) is 0. The molecule has 1 unspecified atom stereocenters. The van der Waals surface area contributed by atoms with Gasteiger partial charge in [-0.25, -0.2) is 17.6 Å². The van der Waals surface area contributed by atoms with Gasteiger partial charge in [-0.1, -0.05) is 6.07 Å². The first-order valence-electron chi connectivity index (χ1n) is 9.02. The SMILES string of the molecule is O=C(O)[C@H]1CC[C@@H](Sc2cc(C(O)Nc3cc(F)c(F)c(F)c3)ccc2F)CC1. The molecule has 1 atom stereocenters. The van der Waals surface area contributed by atoms with E-state index in [0.717, 1.165) is 0 Å². The number of nitrogens with one attached hydrogen (secondary N) is 1. The minimum atomic E-state index is -1.61. The maximum atomic E-state index is 14.2. The molecule has 29 heavy (non-hydrogen) atoms. The molecule has 0 aliphatic heterocycles. The van der Waals surface area contributed by atoms with Crippen LogP contribution < -0.4 is 5.32 Å². The van der Waals surface area contributed by atoms with Gasteiger partial charge in [0.05, 0.1) is 5.92 Å². The summed E-state index contributed by atoms with van der Waals surface area (Å²) in [4.78, 5) is 11.3. The first kappa shape index (κ1) is 21.4. The normalized spacial score (nSPS) is 20.3. The largest absolute Gasteiger partial charge is 0.481 e. The van der Waals surface area contributed by atoms with Crippen molar-refractivity contribution in [1.29, 1.82) is 0 Å². The Morgan fingerprint density at radius 1 is 1.00 bits per heavy atom. The summed E-state index contributed by atoms with van der Waals surface area (Å²) in [5, 5.41) is 21.9. The lowest BCUT2D eigenvalue weighted by Gasteiger charge is -2.26. The molecule has 0 aromatic heterocycles. The zero-order chi connectivity index (χ0) is 21.1. The highest BCUT2D eigenvalue weighted by atomic mass is 32.2. The molecule has 0 radical (unpaired) electrons. The van der Waals surface area contributed by atoms with Crippen LogP contribution in [-0.4, -0.2) is 21.4 Å². The van der Waals surface area contributed by atoms with Crippen LogP contribution in [0.4, 0.5) is 23.2 Å². The highest BCUT2D eigenvalue weighted by Crippen LogP contribution is 2.38. The molecule has 3 rings (SSSR count). The number of aliphatic hydroxyl groups is 1. The van der Waals surface area contributed by atoms with Gasteiger partial charge in [0, 0.05) is 33.5 Å². The lowest BCUT2D eigenvalue weighted by atomic mass is 9.89. The topological polar surface area (TPSA) is 69.6 Å². The van der Waals surface area contributed by atoms with E-state index in [9.17, 15) is 27.5 Å². The van der Waals surface area contributed by atoms with Crippen LogP contribution in [0.1, 0.15) is 37.5 Å². The number of benzene rings is 2. The molecular weight excluding hydrogens is 410 g/mol. The van der Waals surface area contributed by atoms with Crippen LogP contribution in [0.2, 0.25) is 0 Å². The number of hydrogen-bond acceptors (Lipinski definition) is 4. The van der Waals surface area contributed by atoms with Crippen molar-refractivity contribution in [3.8, 4) is 0 Å². The van der Waals surface area contributed by atoms with Gasteiger partial charge in [0.2, 0.25) is 0 Å². The second kappa shape index (κ2) is 9.04. The van der Waals surface area contributed by atoms with Gasteiger partial charge < -0.3 is 15.5 Å². The van der Waals surface area contributed by atoms with Gasteiger partial charge in [0.15, 0.2) is 23.7 Å². The number of halogens is 4. The van der Waals surface area contributed by atoms with Gasteiger partial charge in [0.25, 0.3) is 0 Å². The Kier molecular flexibility index (Phi) is 6.69. The Morgan fingerprint density at radius 3 is 2.21 bits per heavy atom. The summed E-state index contributed by atoms with van der Waals surface area (Å²) in [6.45, 7) is 0.